The van der Waals surface area contributed by atoms with E-state index in [9.17, 15) is 4.79 Å². The van der Waals surface area contributed by atoms with E-state index in [2.05, 4.69) is 12.0 Å². The number of carbonyl (C=O) groups is 1. The molecule has 0 amide bonds. The lowest BCUT2D eigenvalue weighted by molar-refractivity contribution is 0.112. The van der Waals surface area contributed by atoms with Crippen LogP contribution in [0.2, 0.25) is 0 Å². The van der Waals surface area contributed by atoms with E-state index in [0.29, 0.717) is 17.9 Å². The third kappa shape index (κ3) is 3.07. The number of hydrogen-bond acceptors (Lipinski definition) is 3. The van der Waals surface area contributed by atoms with Crippen LogP contribution < -0.4 is 4.74 Å². The van der Waals surface area contributed by atoms with Crippen LogP contribution in [0, 0.1) is 0 Å². The molecule has 1 aromatic heterocycles. The van der Waals surface area contributed by atoms with E-state index in [1.54, 1.807) is 6.20 Å². The van der Waals surface area contributed by atoms with E-state index >= 15 is 0 Å². The van der Waals surface area contributed by atoms with Crippen molar-refractivity contribution >= 4 is 6.29 Å². The summed E-state index contributed by atoms with van der Waals surface area (Å²) in [5, 5.41) is 4.54. The van der Waals surface area contributed by atoms with Gasteiger partial charge in [-0.3, -0.25) is 9.48 Å². The van der Waals surface area contributed by atoms with Gasteiger partial charge in [0.25, 0.3) is 0 Å². The highest BCUT2D eigenvalue weighted by atomic mass is 16.5. The van der Waals surface area contributed by atoms with Crippen LogP contribution in [0.4, 0.5) is 0 Å². The van der Waals surface area contributed by atoms with E-state index in [1.807, 2.05) is 35.9 Å². The van der Waals surface area contributed by atoms with Crippen molar-refractivity contribution in [2.75, 3.05) is 6.61 Å². The van der Waals surface area contributed by atoms with E-state index in [4.69, 9.17) is 4.74 Å². The molecule has 0 saturated heterocycles. The van der Waals surface area contributed by atoms with Crippen molar-refractivity contribution in [2.45, 2.75) is 33.2 Å². The molecule has 0 aliphatic rings. The molecule has 20 heavy (non-hydrogen) atoms. The van der Waals surface area contributed by atoms with Crippen molar-refractivity contribution in [3.63, 3.8) is 0 Å². The van der Waals surface area contributed by atoms with E-state index in [-0.39, 0.29) is 0 Å². The first-order chi connectivity index (χ1) is 9.80. The highest BCUT2D eigenvalue weighted by Gasteiger charge is 2.14. The number of aromatic nitrogens is 2. The summed E-state index contributed by atoms with van der Waals surface area (Å²) in [6.45, 7) is 5.49. The zero-order valence-electron chi connectivity index (χ0n) is 12.0. The maximum atomic E-state index is 11.3. The Hall–Kier alpha value is -2.10. The van der Waals surface area contributed by atoms with Gasteiger partial charge < -0.3 is 4.74 Å². The van der Waals surface area contributed by atoms with Gasteiger partial charge in [-0.1, -0.05) is 25.5 Å². The molecular weight excluding hydrogens is 252 g/mol. The van der Waals surface area contributed by atoms with Crippen LogP contribution in [0.5, 0.6) is 5.75 Å². The minimum Gasteiger partial charge on any atom is -0.493 e. The molecule has 0 aliphatic heterocycles. The summed E-state index contributed by atoms with van der Waals surface area (Å²) in [6.07, 6.45) is 4.81. The van der Waals surface area contributed by atoms with Crippen LogP contribution in [0.3, 0.4) is 0 Å². The highest BCUT2D eigenvalue weighted by molar-refractivity contribution is 5.87. The maximum absolute atomic E-state index is 11.3. The second-order valence-corrected chi connectivity index (χ2v) is 4.60. The standard InChI is InChI=1S/C16H20N2O2/c1-3-5-10-18-11-13(12-19)16(17-18)14-8-6-7-9-15(14)20-4-2/h6-9,11-12H,3-5,10H2,1-2H3. The number of hydrogen-bond donors (Lipinski definition) is 0. The van der Waals surface area contributed by atoms with Crippen molar-refractivity contribution < 1.29 is 9.53 Å². The SMILES string of the molecule is CCCCn1cc(C=O)c(-c2ccccc2OCC)n1. The topological polar surface area (TPSA) is 44.1 Å². The largest absolute Gasteiger partial charge is 0.493 e. The molecule has 4 heteroatoms. The third-order valence-corrected chi connectivity index (χ3v) is 3.10. The van der Waals surface area contributed by atoms with Crippen molar-refractivity contribution in [3.05, 3.63) is 36.0 Å². The first kappa shape index (κ1) is 14.3. The Labute approximate surface area is 119 Å². The quantitative estimate of drug-likeness (QED) is 0.724. The number of nitrogens with zero attached hydrogens (tertiary/aromatic N) is 2. The Balaban J connectivity index is 2.40. The second-order valence-electron chi connectivity index (χ2n) is 4.60. The average Bonchev–Trinajstić information content (AvgIpc) is 2.89. The van der Waals surface area contributed by atoms with Crippen molar-refractivity contribution in [1.29, 1.82) is 0 Å². The molecular formula is C16H20N2O2. The monoisotopic (exact) mass is 272 g/mol. The molecule has 0 N–H and O–H groups in total. The Kier molecular flexibility index (Phi) is 4.93. The van der Waals surface area contributed by atoms with Gasteiger partial charge in [0, 0.05) is 18.3 Å². The maximum Gasteiger partial charge on any atom is 0.153 e. The van der Waals surface area contributed by atoms with Crippen LogP contribution >= 0.6 is 0 Å². The van der Waals surface area contributed by atoms with Gasteiger partial charge >= 0.3 is 0 Å². The van der Waals surface area contributed by atoms with E-state index in [1.165, 1.54) is 0 Å². The highest BCUT2D eigenvalue weighted by Crippen LogP contribution is 2.30. The van der Waals surface area contributed by atoms with Crippen LogP contribution in [-0.2, 0) is 6.54 Å². The lowest BCUT2D eigenvalue weighted by atomic mass is 10.1. The van der Waals surface area contributed by atoms with Gasteiger partial charge in [0.05, 0.1) is 12.2 Å². The normalized spacial score (nSPS) is 10.5. The van der Waals surface area contributed by atoms with Crippen molar-refractivity contribution in [1.82, 2.24) is 9.78 Å². The molecule has 106 valence electrons. The van der Waals surface area contributed by atoms with Crippen LogP contribution in [0.15, 0.2) is 30.5 Å². The van der Waals surface area contributed by atoms with Gasteiger partial charge in [0.2, 0.25) is 0 Å². The molecule has 0 spiro atoms. The molecule has 0 saturated carbocycles. The lowest BCUT2D eigenvalue weighted by Crippen LogP contribution is -1.99. The number of ether oxygens (including phenoxy) is 1. The summed E-state index contributed by atoms with van der Waals surface area (Å²) >= 11 is 0. The Morgan fingerprint density at radius 2 is 2.10 bits per heavy atom. The molecule has 0 bridgehead atoms. The molecule has 1 aromatic carbocycles. The Morgan fingerprint density at radius 1 is 1.30 bits per heavy atom. The Bertz CT molecular complexity index is 576. The predicted molar refractivity (Wildman–Crippen MR) is 79.1 cm³/mol. The van der Waals surface area contributed by atoms with Gasteiger partial charge in [-0.15, -0.1) is 0 Å². The van der Waals surface area contributed by atoms with Crippen LogP contribution in [0.1, 0.15) is 37.0 Å². The number of rotatable bonds is 7. The van der Waals surface area contributed by atoms with Crippen LogP contribution in [-0.4, -0.2) is 22.7 Å². The lowest BCUT2D eigenvalue weighted by Gasteiger charge is -2.08. The summed E-state index contributed by atoms with van der Waals surface area (Å²) in [5.41, 5.74) is 2.17. The number of aldehydes is 1. The minimum atomic E-state index is 0.587. The second kappa shape index (κ2) is 6.89. The smallest absolute Gasteiger partial charge is 0.153 e. The van der Waals surface area contributed by atoms with Gasteiger partial charge in [-0.2, -0.15) is 5.10 Å². The predicted octanol–water partition coefficient (Wildman–Crippen LogP) is 3.56. The summed E-state index contributed by atoms with van der Waals surface area (Å²) in [6, 6.07) is 7.68. The van der Waals surface area contributed by atoms with Crippen molar-refractivity contribution in [3.8, 4) is 17.0 Å². The summed E-state index contributed by atoms with van der Waals surface area (Å²) in [5.74, 6) is 0.763. The molecule has 4 nitrogen and oxygen atoms in total. The number of benzene rings is 1. The number of unbranched alkanes of at least 4 members (excludes halogenated alkanes) is 1. The summed E-state index contributed by atoms with van der Waals surface area (Å²) < 4.78 is 7.45. The molecule has 0 fully saturated rings. The first-order valence-corrected chi connectivity index (χ1v) is 7.05. The first-order valence-electron chi connectivity index (χ1n) is 7.05. The van der Waals surface area contributed by atoms with Gasteiger partial charge in [-0.25, -0.2) is 0 Å². The summed E-state index contributed by atoms with van der Waals surface area (Å²) in [4.78, 5) is 11.3. The molecule has 0 aliphatic carbocycles. The van der Waals surface area contributed by atoms with Gasteiger partial charge in [0.1, 0.15) is 11.4 Å². The molecule has 2 aromatic rings. The fraction of sp³-hybridized carbons (Fsp3) is 0.375. The Morgan fingerprint density at radius 3 is 2.80 bits per heavy atom. The third-order valence-electron chi connectivity index (χ3n) is 3.10. The average molecular weight is 272 g/mol. The number of carbonyl (C=O) groups excluding carboxylic acids is 1. The van der Waals surface area contributed by atoms with Crippen LogP contribution in [0.25, 0.3) is 11.3 Å². The fourth-order valence-electron chi connectivity index (χ4n) is 2.11. The molecule has 0 radical (unpaired) electrons. The van der Waals surface area contributed by atoms with Crippen molar-refractivity contribution in [2.24, 2.45) is 0 Å². The molecule has 2 rings (SSSR count). The number of aryl methyl sites for hydroxylation is 1. The molecule has 0 atom stereocenters. The molecule has 1 heterocycles. The van der Waals surface area contributed by atoms with Gasteiger partial charge in [0.15, 0.2) is 6.29 Å². The van der Waals surface area contributed by atoms with E-state index < -0.39 is 0 Å². The fourth-order valence-corrected chi connectivity index (χ4v) is 2.11. The molecule has 0 unspecified atom stereocenters. The number of para-hydroxylation sites is 1. The minimum absolute atomic E-state index is 0.587. The summed E-state index contributed by atoms with van der Waals surface area (Å²) in [7, 11) is 0. The van der Waals surface area contributed by atoms with E-state index in [0.717, 1.165) is 37.0 Å². The van der Waals surface area contributed by atoms with Gasteiger partial charge in [-0.05, 0) is 25.5 Å². The zero-order chi connectivity index (χ0) is 14.4. The zero-order valence-corrected chi connectivity index (χ0v) is 12.0.